The quantitative estimate of drug-likeness (QED) is 0.693. The van der Waals surface area contributed by atoms with Crippen molar-refractivity contribution in [2.45, 2.75) is 40.2 Å². The summed E-state index contributed by atoms with van der Waals surface area (Å²) >= 11 is 0. The number of benzene rings is 1. The minimum Gasteiger partial charge on any atom is -0.307 e. The van der Waals surface area contributed by atoms with Crippen molar-refractivity contribution in [2.24, 2.45) is 0 Å². The van der Waals surface area contributed by atoms with Crippen LogP contribution in [-0.4, -0.2) is 25.7 Å². The van der Waals surface area contributed by atoms with Gasteiger partial charge in [-0.15, -0.1) is 0 Å². The second-order valence-electron chi connectivity index (χ2n) is 7.29. The zero-order chi connectivity index (χ0) is 22.0. The number of aryl methyl sites for hydroxylation is 1. The number of anilines is 1. The molecule has 0 atom stereocenters. The van der Waals surface area contributed by atoms with E-state index in [0.29, 0.717) is 22.4 Å². The largest absolute Gasteiger partial charge is 0.307 e. The highest BCUT2D eigenvalue weighted by atomic mass is 19.1. The third-order valence-corrected chi connectivity index (χ3v) is 4.51. The summed E-state index contributed by atoms with van der Waals surface area (Å²) in [6, 6.07) is 4.55. The topological polar surface area (TPSA) is 89.8 Å². The van der Waals surface area contributed by atoms with E-state index in [0.717, 1.165) is 22.8 Å². The van der Waals surface area contributed by atoms with Gasteiger partial charge in [0.25, 0.3) is 5.56 Å². The number of carbonyl (C=O) groups excluding carboxylic acids is 1. The van der Waals surface area contributed by atoms with Gasteiger partial charge in [0.05, 0.1) is 11.9 Å². The highest BCUT2D eigenvalue weighted by molar-refractivity contribution is 5.89. The van der Waals surface area contributed by atoms with Crippen LogP contribution in [0.25, 0.3) is 11.1 Å². The lowest BCUT2D eigenvalue weighted by Crippen LogP contribution is -2.33. The Bertz CT molecular complexity index is 1150. The summed E-state index contributed by atoms with van der Waals surface area (Å²) in [5.41, 5.74) is 2.23. The third kappa shape index (κ3) is 4.40. The van der Waals surface area contributed by atoms with Gasteiger partial charge in [0.1, 0.15) is 18.7 Å². The van der Waals surface area contributed by atoms with Gasteiger partial charge in [-0.3, -0.25) is 9.59 Å². The molecule has 0 saturated carbocycles. The summed E-state index contributed by atoms with van der Waals surface area (Å²) in [5, 5.41) is 6.67. The van der Waals surface area contributed by atoms with Crippen LogP contribution in [0.1, 0.15) is 36.6 Å². The lowest BCUT2D eigenvalue weighted by Gasteiger charge is -2.18. The Labute approximate surface area is 171 Å². The number of rotatable bonds is 5. The molecule has 0 aliphatic carbocycles. The molecule has 0 aliphatic heterocycles. The summed E-state index contributed by atoms with van der Waals surface area (Å²) in [6.45, 7) is 6.74. The normalized spacial score (nSPS) is 11.0. The van der Waals surface area contributed by atoms with Crippen molar-refractivity contribution in [2.75, 3.05) is 5.32 Å². The van der Waals surface area contributed by atoms with Crippen molar-refractivity contribution in [3.05, 3.63) is 69.5 Å². The van der Waals surface area contributed by atoms with Crippen molar-refractivity contribution in [1.29, 1.82) is 0 Å². The Kier molecular flexibility index (Phi) is 6.00. The van der Waals surface area contributed by atoms with E-state index in [2.05, 4.69) is 20.4 Å². The Morgan fingerprint density at radius 2 is 1.93 bits per heavy atom. The van der Waals surface area contributed by atoms with Gasteiger partial charge >= 0.3 is 0 Å². The number of amides is 1. The van der Waals surface area contributed by atoms with Gasteiger partial charge in [-0.1, -0.05) is 19.9 Å². The van der Waals surface area contributed by atoms with Crippen LogP contribution >= 0.6 is 0 Å². The Morgan fingerprint density at radius 1 is 1.20 bits per heavy atom. The number of hydrogen-bond acceptors (Lipinski definition) is 5. The molecule has 3 rings (SSSR count). The maximum atomic E-state index is 14.0. The highest BCUT2D eigenvalue weighted by Gasteiger charge is 2.20. The minimum atomic E-state index is -0.790. The fourth-order valence-corrected chi connectivity index (χ4v) is 3.19. The molecule has 156 valence electrons. The van der Waals surface area contributed by atoms with Crippen molar-refractivity contribution in [3.8, 4) is 11.1 Å². The van der Waals surface area contributed by atoms with Crippen LogP contribution in [0.15, 0.2) is 35.5 Å². The first-order valence-electron chi connectivity index (χ1n) is 9.32. The third-order valence-electron chi connectivity index (χ3n) is 4.51. The van der Waals surface area contributed by atoms with E-state index in [4.69, 9.17) is 0 Å². The average Bonchev–Trinajstić information content (AvgIpc) is 2.66. The van der Waals surface area contributed by atoms with Crippen molar-refractivity contribution < 1.29 is 13.6 Å². The highest BCUT2D eigenvalue weighted by Crippen LogP contribution is 2.30. The average molecular weight is 413 g/mol. The molecule has 2 aromatic heterocycles. The molecule has 1 amide bonds. The summed E-state index contributed by atoms with van der Waals surface area (Å²) in [5.74, 6) is -2.24. The smallest absolute Gasteiger partial charge is 0.270 e. The molecular formula is C21H21F2N5O2. The van der Waals surface area contributed by atoms with Crippen molar-refractivity contribution >= 4 is 11.7 Å². The van der Waals surface area contributed by atoms with E-state index in [9.17, 15) is 18.4 Å². The molecule has 2 heterocycles. The summed E-state index contributed by atoms with van der Waals surface area (Å²) in [6.07, 6.45) is 2.02. The Balaban J connectivity index is 2.02. The van der Waals surface area contributed by atoms with E-state index >= 15 is 0 Å². The lowest BCUT2D eigenvalue weighted by molar-refractivity contribution is -0.117. The number of carbonyl (C=O) groups is 1. The minimum absolute atomic E-state index is 0.100. The number of nitrogens with zero attached hydrogens (tertiary/aromatic N) is 4. The van der Waals surface area contributed by atoms with E-state index in [1.54, 1.807) is 19.9 Å². The molecule has 0 fully saturated rings. The standard InChI is InChI=1S/C21H21F2N5O2/c1-11(2)19-18(14-5-12(3)6-15(22)7-14)13(4)21(30)28(27-19)9-17(29)26-20-16(23)8-24-10-25-20/h5-8,10-11H,9H2,1-4H3,(H,24,25,26,29). The number of halogens is 2. The molecule has 1 N–H and O–H groups in total. The second-order valence-corrected chi connectivity index (χ2v) is 7.29. The van der Waals surface area contributed by atoms with Gasteiger partial charge < -0.3 is 5.32 Å². The number of nitrogens with one attached hydrogen (secondary N) is 1. The first kappa shape index (κ1) is 21.2. The van der Waals surface area contributed by atoms with Crippen LogP contribution in [0, 0.1) is 25.5 Å². The van der Waals surface area contributed by atoms with Crippen LogP contribution in [0.2, 0.25) is 0 Å². The first-order valence-corrected chi connectivity index (χ1v) is 9.32. The zero-order valence-corrected chi connectivity index (χ0v) is 17.0. The second kappa shape index (κ2) is 8.48. The van der Waals surface area contributed by atoms with Crippen LogP contribution in [0.4, 0.5) is 14.6 Å². The molecule has 0 saturated heterocycles. The zero-order valence-electron chi connectivity index (χ0n) is 17.0. The maximum absolute atomic E-state index is 14.0. The predicted molar refractivity (Wildman–Crippen MR) is 108 cm³/mol. The molecule has 0 spiro atoms. The lowest BCUT2D eigenvalue weighted by atomic mass is 9.93. The van der Waals surface area contributed by atoms with Gasteiger partial charge in [-0.05, 0) is 43.0 Å². The fourth-order valence-electron chi connectivity index (χ4n) is 3.19. The number of aromatic nitrogens is 4. The van der Waals surface area contributed by atoms with Crippen molar-refractivity contribution in [3.63, 3.8) is 0 Å². The summed E-state index contributed by atoms with van der Waals surface area (Å²) in [4.78, 5) is 32.4. The molecule has 0 bridgehead atoms. The van der Waals surface area contributed by atoms with Crippen LogP contribution in [-0.2, 0) is 11.3 Å². The van der Waals surface area contributed by atoms with Crippen LogP contribution < -0.4 is 10.9 Å². The van der Waals surface area contributed by atoms with Gasteiger partial charge in [0.15, 0.2) is 11.6 Å². The molecular weight excluding hydrogens is 392 g/mol. The molecule has 0 aliphatic rings. The van der Waals surface area contributed by atoms with E-state index in [-0.39, 0.29) is 11.7 Å². The van der Waals surface area contributed by atoms with Gasteiger partial charge in [-0.25, -0.2) is 23.4 Å². The monoisotopic (exact) mass is 413 g/mol. The van der Waals surface area contributed by atoms with Gasteiger partial charge in [-0.2, -0.15) is 5.10 Å². The summed E-state index contributed by atoms with van der Waals surface area (Å²) < 4.78 is 28.6. The first-order chi connectivity index (χ1) is 14.2. The molecule has 0 radical (unpaired) electrons. The van der Waals surface area contributed by atoms with Crippen LogP contribution in [0.5, 0.6) is 0 Å². The molecule has 7 nitrogen and oxygen atoms in total. The Hall–Kier alpha value is -3.49. The Morgan fingerprint density at radius 3 is 2.57 bits per heavy atom. The fraction of sp³-hybridized carbons (Fsp3) is 0.286. The molecule has 1 aromatic carbocycles. The number of hydrogen-bond donors (Lipinski definition) is 1. The van der Waals surface area contributed by atoms with Crippen LogP contribution in [0.3, 0.4) is 0 Å². The van der Waals surface area contributed by atoms with E-state index in [1.165, 1.54) is 12.1 Å². The molecule has 0 unspecified atom stereocenters. The van der Waals surface area contributed by atoms with Crippen molar-refractivity contribution in [1.82, 2.24) is 19.7 Å². The van der Waals surface area contributed by atoms with Gasteiger partial charge in [0, 0.05) is 11.1 Å². The van der Waals surface area contributed by atoms with Gasteiger partial charge in [0.2, 0.25) is 5.91 Å². The SMILES string of the molecule is Cc1cc(F)cc(-c2c(C(C)C)nn(CC(=O)Nc3ncncc3F)c(=O)c2C)c1. The maximum Gasteiger partial charge on any atom is 0.270 e. The summed E-state index contributed by atoms with van der Waals surface area (Å²) in [7, 11) is 0. The molecule has 3 aromatic rings. The molecule has 30 heavy (non-hydrogen) atoms. The predicted octanol–water partition coefficient (Wildman–Crippen LogP) is 3.36. The molecule has 9 heteroatoms. The van der Waals surface area contributed by atoms with E-state index < -0.39 is 29.6 Å². The van der Waals surface area contributed by atoms with E-state index in [1.807, 2.05) is 13.8 Å².